The molecule has 0 aliphatic carbocycles. The molecule has 0 radical (unpaired) electrons. The van der Waals surface area contributed by atoms with Crippen molar-refractivity contribution in [2.45, 2.75) is 27.7 Å². The topological polar surface area (TPSA) is 69.7 Å². The van der Waals surface area contributed by atoms with Gasteiger partial charge in [-0.15, -0.1) is 0 Å². The summed E-state index contributed by atoms with van der Waals surface area (Å²) < 4.78 is 0. The zero-order valence-corrected chi connectivity index (χ0v) is 15.5. The van der Waals surface area contributed by atoms with Crippen molar-refractivity contribution in [3.05, 3.63) is 34.9 Å². The Morgan fingerprint density at radius 3 is 2.00 bits per heavy atom. The number of carbonyl (C=O) groups is 3. The summed E-state index contributed by atoms with van der Waals surface area (Å²) in [6.07, 6.45) is 0. The van der Waals surface area contributed by atoms with E-state index in [0.717, 1.165) is 11.1 Å². The normalized spacial score (nSPS) is 14.6. The molecule has 1 saturated heterocycles. The summed E-state index contributed by atoms with van der Waals surface area (Å²) in [6, 6.07) is 5.62. The molecule has 1 aliphatic heterocycles. The molecule has 1 N–H and O–H groups in total. The van der Waals surface area contributed by atoms with E-state index in [-0.39, 0.29) is 30.2 Å². The molecule has 0 spiro atoms. The Morgan fingerprint density at radius 2 is 1.48 bits per heavy atom. The highest BCUT2D eigenvalue weighted by Gasteiger charge is 2.25. The standard InChI is InChI=1S/C19H27N3O3/c1-13(2)19(25)22-7-5-21(6-8-22)17(23)12-20-18(24)16-10-14(3)9-15(4)11-16/h9-11,13H,5-8,12H2,1-4H3,(H,20,24). The van der Waals surface area contributed by atoms with E-state index in [0.29, 0.717) is 31.7 Å². The molecule has 1 aromatic carbocycles. The monoisotopic (exact) mass is 345 g/mol. The van der Waals surface area contributed by atoms with Crippen LogP contribution in [0.25, 0.3) is 0 Å². The van der Waals surface area contributed by atoms with Crippen LogP contribution < -0.4 is 5.32 Å². The average Bonchev–Trinajstić information content (AvgIpc) is 2.57. The van der Waals surface area contributed by atoms with Crippen LogP contribution in [0.2, 0.25) is 0 Å². The third kappa shape index (κ3) is 5.05. The molecule has 2 rings (SSSR count). The molecule has 3 amide bonds. The maximum Gasteiger partial charge on any atom is 0.251 e. The van der Waals surface area contributed by atoms with Gasteiger partial charge in [-0.3, -0.25) is 14.4 Å². The van der Waals surface area contributed by atoms with Gasteiger partial charge < -0.3 is 15.1 Å². The molecule has 25 heavy (non-hydrogen) atoms. The van der Waals surface area contributed by atoms with E-state index in [1.165, 1.54) is 0 Å². The van der Waals surface area contributed by atoms with Crippen molar-refractivity contribution in [3.63, 3.8) is 0 Å². The predicted molar refractivity (Wildman–Crippen MR) is 96.2 cm³/mol. The number of benzene rings is 1. The van der Waals surface area contributed by atoms with Crippen molar-refractivity contribution in [1.29, 1.82) is 0 Å². The van der Waals surface area contributed by atoms with Gasteiger partial charge >= 0.3 is 0 Å². The second-order valence-electron chi connectivity index (χ2n) is 6.92. The van der Waals surface area contributed by atoms with Gasteiger partial charge in [0.2, 0.25) is 11.8 Å². The summed E-state index contributed by atoms with van der Waals surface area (Å²) in [5.41, 5.74) is 2.60. The first kappa shape index (κ1) is 19.0. The fourth-order valence-electron chi connectivity index (χ4n) is 3.02. The van der Waals surface area contributed by atoms with Crippen molar-refractivity contribution in [1.82, 2.24) is 15.1 Å². The molecule has 6 heteroatoms. The highest BCUT2D eigenvalue weighted by Crippen LogP contribution is 2.09. The van der Waals surface area contributed by atoms with Gasteiger partial charge in [-0.2, -0.15) is 0 Å². The van der Waals surface area contributed by atoms with E-state index in [1.807, 2.05) is 45.9 Å². The van der Waals surface area contributed by atoms with Crippen LogP contribution >= 0.6 is 0 Å². The van der Waals surface area contributed by atoms with Crippen LogP contribution in [0.3, 0.4) is 0 Å². The number of hydrogen-bond acceptors (Lipinski definition) is 3. The minimum absolute atomic E-state index is 0.0239. The molecule has 0 unspecified atom stereocenters. The van der Waals surface area contributed by atoms with E-state index in [1.54, 1.807) is 9.80 Å². The lowest BCUT2D eigenvalue weighted by Gasteiger charge is -2.35. The van der Waals surface area contributed by atoms with E-state index in [4.69, 9.17) is 0 Å². The summed E-state index contributed by atoms with van der Waals surface area (Å²) in [7, 11) is 0. The van der Waals surface area contributed by atoms with Crippen molar-refractivity contribution < 1.29 is 14.4 Å². The Labute approximate surface area is 149 Å². The molecule has 0 aromatic heterocycles. The Balaban J connectivity index is 1.83. The van der Waals surface area contributed by atoms with Crippen molar-refractivity contribution >= 4 is 17.7 Å². The summed E-state index contributed by atoms with van der Waals surface area (Å²) in [6.45, 7) is 9.73. The molecule has 1 aromatic rings. The first-order valence-corrected chi connectivity index (χ1v) is 8.71. The Bertz CT molecular complexity index is 642. The van der Waals surface area contributed by atoms with Crippen molar-refractivity contribution in [3.8, 4) is 0 Å². The maximum atomic E-state index is 12.3. The van der Waals surface area contributed by atoms with E-state index in [9.17, 15) is 14.4 Å². The number of aryl methyl sites for hydroxylation is 2. The molecule has 1 aliphatic rings. The molecule has 0 saturated carbocycles. The van der Waals surface area contributed by atoms with Crippen LogP contribution in [0.15, 0.2) is 18.2 Å². The lowest BCUT2D eigenvalue weighted by molar-refractivity contribution is -0.140. The molecule has 136 valence electrons. The van der Waals surface area contributed by atoms with Crippen LogP contribution in [0.1, 0.15) is 35.3 Å². The van der Waals surface area contributed by atoms with Gasteiger partial charge in [0, 0.05) is 37.7 Å². The Kier molecular flexibility index (Phi) is 6.17. The largest absolute Gasteiger partial charge is 0.343 e. The van der Waals surface area contributed by atoms with Gasteiger partial charge in [0.1, 0.15) is 0 Å². The second-order valence-corrected chi connectivity index (χ2v) is 6.92. The van der Waals surface area contributed by atoms with Crippen LogP contribution in [0, 0.1) is 19.8 Å². The predicted octanol–water partition coefficient (Wildman–Crippen LogP) is 1.36. The van der Waals surface area contributed by atoms with Gasteiger partial charge in [-0.1, -0.05) is 31.0 Å². The molecular weight excluding hydrogens is 318 g/mol. The van der Waals surface area contributed by atoms with Gasteiger partial charge in [0.05, 0.1) is 6.54 Å². The van der Waals surface area contributed by atoms with Crippen LogP contribution in [0.5, 0.6) is 0 Å². The minimum Gasteiger partial charge on any atom is -0.343 e. The van der Waals surface area contributed by atoms with Crippen molar-refractivity contribution in [2.24, 2.45) is 5.92 Å². The molecule has 0 atom stereocenters. The third-order valence-corrected chi connectivity index (χ3v) is 4.32. The van der Waals surface area contributed by atoms with Crippen LogP contribution in [-0.4, -0.2) is 60.2 Å². The SMILES string of the molecule is Cc1cc(C)cc(C(=O)NCC(=O)N2CCN(C(=O)C(C)C)CC2)c1. The second kappa shape index (κ2) is 8.14. The van der Waals surface area contributed by atoms with Crippen molar-refractivity contribution in [2.75, 3.05) is 32.7 Å². The number of hydrogen-bond donors (Lipinski definition) is 1. The van der Waals surface area contributed by atoms with Gasteiger partial charge in [0.25, 0.3) is 5.91 Å². The molecular formula is C19H27N3O3. The van der Waals surface area contributed by atoms with Crippen LogP contribution in [-0.2, 0) is 9.59 Å². The van der Waals surface area contributed by atoms with E-state index in [2.05, 4.69) is 5.32 Å². The Hall–Kier alpha value is -2.37. The molecule has 1 heterocycles. The fourth-order valence-corrected chi connectivity index (χ4v) is 3.02. The van der Waals surface area contributed by atoms with Gasteiger partial charge in [-0.05, 0) is 26.0 Å². The minimum atomic E-state index is -0.242. The van der Waals surface area contributed by atoms with Gasteiger partial charge in [-0.25, -0.2) is 0 Å². The lowest BCUT2D eigenvalue weighted by Crippen LogP contribution is -2.53. The number of nitrogens with one attached hydrogen (secondary N) is 1. The zero-order chi connectivity index (χ0) is 18.6. The third-order valence-electron chi connectivity index (χ3n) is 4.32. The summed E-state index contributed by atoms with van der Waals surface area (Å²) in [4.78, 5) is 40.0. The highest BCUT2D eigenvalue weighted by atomic mass is 16.2. The smallest absolute Gasteiger partial charge is 0.251 e. The highest BCUT2D eigenvalue weighted by molar-refractivity contribution is 5.96. The molecule has 6 nitrogen and oxygen atoms in total. The number of piperazine rings is 1. The summed E-state index contributed by atoms with van der Waals surface area (Å²) in [5.74, 6) is -0.266. The number of nitrogens with zero attached hydrogens (tertiary/aromatic N) is 2. The molecule has 0 bridgehead atoms. The van der Waals surface area contributed by atoms with E-state index < -0.39 is 0 Å². The average molecular weight is 345 g/mol. The quantitative estimate of drug-likeness (QED) is 0.896. The first-order valence-electron chi connectivity index (χ1n) is 8.71. The maximum absolute atomic E-state index is 12.3. The lowest BCUT2D eigenvalue weighted by atomic mass is 10.1. The fraction of sp³-hybridized carbons (Fsp3) is 0.526. The van der Waals surface area contributed by atoms with Crippen LogP contribution in [0.4, 0.5) is 0 Å². The number of rotatable bonds is 4. The molecule has 1 fully saturated rings. The summed E-state index contributed by atoms with van der Waals surface area (Å²) >= 11 is 0. The zero-order valence-electron chi connectivity index (χ0n) is 15.5. The Morgan fingerprint density at radius 1 is 0.960 bits per heavy atom. The summed E-state index contributed by atoms with van der Waals surface area (Å²) in [5, 5.41) is 2.69. The van der Waals surface area contributed by atoms with E-state index >= 15 is 0 Å². The number of amides is 3. The number of carbonyl (C=O) groups excluding carboxylic acids is 3. The van der Waals surface area contributed by atoms with Gasteiger partial charge in [0.15, 0.2) is 0 Å². The first-order chi connectivity index (χ1) is 11.8.